The summed E-state index contributed by atoms with van der Waals surface area (Å²) in [7, 11) is 1.93. The Bertz CT molecular complexity index is 82.2. The minimum Gasteiger partial charge on any atom is -0.356 e. The lowest BCUT2D eigenvalue weighted by atomic mass is 10.4. The van der Waals surface area contributed by atoms with Gasteiger partial charge in [-0.1, -0.05) is 13.8 Å². The summed E-state index contributed by atoms with van der Waals surface area (Å²) in [5, 5.41) is 5.59. The van der Waals surface area contributed by atoms with Crippen LogP contribution in [-0.4, -0.2) is 26.0 Å². The van der Waals surface area contributed by atoms with Gasteiger partial charge in [0.15, 0.2) is 0 Å². The van der Waals surface area contributed by atoms with E-state index < -0.39 is 0 Å². The molecule has 0 aliphatic carbocycles. The Morgan fingerprint density at radius 3 is 1.73 bits per heavy atom. The van der Waals surface area contributed by atoms with E-state index in [1.54, 1.807) is 0 Å². The summed E-state index contributed by atoms with van der Waals surface area (Å²) in [5.74, 6) is 0.127. The van der Waals surface area contributed by atoms with Crippen LogP contribution in [0.25, 0.3) is 0 Å². The number of hydrogen-bond donors (Lipinski definition) is 2. The van der Waals surface area contributed by atoms with Crippen LogP contribution in [0.3, 0.4) is 0 Å². The predicted octanol–water partition coefficient (Wildman–Crippen LogP) is 0.758. The van der Waals surface area contributed by atoms with Gasteiger partial charge in [0.1, 0.15) is 0 Å². The normalized spacial score (nSPS) is 8.00. The third-order valence-electron chi connectivity index (χ3n) is 1.05. The van der Waals surface area contributed by atoms with Crippen LogP contribution in [0.15, 0.2) is 0 Å². The molecule has 0 unspecified atom stereocenters. The van der Waals surface area contributed by atoms with Crippen LogP contribution in [0.4, 0.5) is 0 Å². The van der Waals surface area contributed by atoms with Gasteiger partial charge in [-0.05, 0) is 20.5 Å². The molecule has 0 aliphatic rings. The van der Waals surface area contributed by atoms with E-state index in [2.05, 4.69) is 17.6 Å². The quantitative estimate of drug-likeness (QED) is 0.640. The lowest BCUT2D eigenvalue weighted by Gasteiger charge is -1.93. The van der Waals surface area contributed by atoms with E-state index in [4.69, 9.17) is 0 Å². The van der Waals surface area contributed by atoms with E-state index in [1.807, 2.05) is 20.9 Å². The Hall–Kier alpha value is -0.570. The van der Waals surface area contributed by atoms with Crippen LogP contribution >= 0.6 is 0 Å². The molecule has 3 heteroatoms. The molecule has 0 rings (SSSR count). The van der Waals surface area contributed by atoms with E-state index in [9.17, 15) is 4.79 Å². The number of hydrogen-bond acceptors (Lipinski definition) is 2. The van der Waals surface area contributed by atoms with Gasteiger partial charge < -0.3 is 10.6 Å². The number of carbonyl (C=O) groups excluding carboxylic acids is 1. The first-order valence-corrected chi connectivity index (χ1v) is 4.14. The molecule has 0 bridgehead atoms. The summed E-state index contributed by atoms with van der Waals surface area (Å²) in [5.41, 5.74) is 0. The van der Waals surface area contributed by atoms with Crippen LogP contribution in [0.2, 0.25) is 0 Å². The molecule has 0 saturated carbocycles. The molecule has 1 amide bonds. The second kappa shape index (κ2) is 12.1. The van der Waals surface area contributed by atoms with E-state index in [0.29, 0.717) is 6.42 Å². The molecule has 0 aromatic carbocycles. The minimum absolute atomic E-state index is 0.127. The summed E-state index contributed by atoms with van der Waals surface area (Å²) >= 11 is 0. The van der Waals surface area contributed by atoms with Crippen molar-refractivity contribution in [3.05, 3.63) is 0 Å². The van der Waals surface area contributed by atoms with Crippen molar-refractivity contribution < 1.29 is 4.79 Å². The largest absolute Gasteiger partial charge is 0.356 e. The first kappa shape index (κ1) is 13.1. The zero-order valence-electron chi connectivity index (χ0n) is 8.03. The third kappa shape index (κ3) is 17.7. The van der Waals surface area contributed by atoms with Crippen molar-refractivity contribution in [2.45, 2.75) is 27.2 Å². The molecule has 0 radical (unpaired) electrons. The SMILES string of the molecule is CCNC.CCNC(=O)CC. The summed E-state index contributed by atoms with van der Waals surface area (Å²) in [6.07, 6.45) is 0.591. The van der Waals surface area contributed by atoms with Gasteiger partial charge in [-0.2, -0.15) is 0 Å². The molecule has 0 fully saturated rings. The summed E-state index contributed by atoms with van der Waals surface area (Å²) in [6.45, 7) is 7.63. The smallest absolute Gasteiger partial charge is 0.219 e. The number of carbonyl (C=O) groups is 1. The minimum atomic E-state index is 0.127. The maximum Gasteiger partial charge on any atom is 0.219 e. The zero-order chi connectivity index (χ0) is 9.11. The van der Waals surface area contributed by atoms with Crippen molar-refractivity contribution in [3.63, 3.8) is 0 Å². The van der Waals surface area contributed by atoms with Gasteiger partial charge in [-0.25, -0.2) is 0 Å². The summed E-state index contributed by atoms with van der Waals surface area (Å²) < 4.78 is 0. The molecule has 0 aromatic rings. The molecule has 3 nitrogen and oxygen atoms in total. The molecule has 0 aliphatic heterocycles. The maximum absolute atomic E-state index is 10.3. The van der Waals surface area contributed by atoms with Crippen molar-refractivity contribution in [1.29, 1.82) is 0 Å². The highest BCUT2D eigenvalue weighted by molar-refractivity contribution is 5.75. The molecular weight excluding hydrogens is 140 g/mol. The standard InChI is InChI=1S/C5H11NO.C3H9N/c1-3-5(7)6-4-2;1-3-4-2/h3-4H2,1-2H3,(H,6,7);4H,3H2,1-2H3. The van der Waals surface area contributed by atoms with E-state index in [1.165, 1.54) is 0 Å². The number of rotatable bonds is 3. The highest BCUT2D eigenvalue weighted by Gasteiger charge is 1.88. The fraction of sp³-hybridized carbons (Fsp3) is 0.875. The van der Waals surface area contributed by atoms with Crippen LogP contribution in [0, 0.1) is 0 Å². The first-order valence-electron chi connectivity index (χ1n) is 4.14. The first-order chi connectivity index (χ1) is 5.22. The van der Waals surface area contributed by atoms with Crippen LogP contribution in [0.1, 0.15) is 27.2 Å². The van der Waals surface area contributed by atoms with Crippen molar-refractivity contribution in [3.8, 4) is 0 Å². The number of amides is 1. The van der Waals surface area contributed by atoms with Crippen molar-refractivity contribution in [1.82, 2.24) is 10.6 Å². The molecule has 0 spiro atoms. The van der Waals surface area contributed by atoms with Crippen molar-refractivity contribution in [2.75, 3.05) is 20.1 Å². The van der Waals surface area contributed by atoms with Crippen LogP contribution in [-0.2, 0) is 4.79 Å². The predicted molar refractivity (Wildman–Crippen MR) is 48.6 cm³/mol. The van der Waals surface area contributed by atoms with E-state index in [0.717, 1.165) is 13.1 Å². The Labute approximate surface area is 69.6 Å². The highest BCUT2D eigenvalue weighted by atomic mass is 16.1. The van der Waals surface area contributed by atoms with Gasteiger partial charge in [0, 0.05) is 13.0 Å². The average Bonchev–Trinajstić information content (AvgIpc) is 2.05. The van der Waals surface area contributed by atoms with Crippen LogP contribution < -0.4 is 10.6 Å². The molecule has 0 saturated heterocycles. The molecular formula is C8H20N2O. The molecule has 2 N–H and O–H groups in total. The van der Waals surface area contributed by atoms with Gasteiger partial charge in [-0.3, -0.25) is 4.79 Å². The van der Waals surface area contributed by atoms with Gasteiger partial charge in [0.25, 0.3) is 0 Å². The Morgan fingerprint density at radius 2 is 1.64 bits per heavy atom. The van der Waals surface area contributed by atoms with Crippen LogP contribution in [0.5, 0.6) is 0 Å². The topological polar surface area (TPSA) is 41.1 Å². The van der Waals surface area contributed by atoms with E-state index >= 15 is 0 Å². The highest BCUT2D eigenvalue weighted by Crippen LogP contribution is 1.70. The Kier molecular flexibility index (Phi) is 14.4. The van der Waals surface area contributed by atoms with E-state index in [-0.39, 0.29) is 5.91 Å². The molecule has 0 atom stereocenters. The third-order valence-corrected chi connectivity index (χ3v) is 1.05. The van der Waals surface area contributed by atoms with Gasteiger partial charge in [-0.15, -0.1) is 0 Å². The maximum atomic E-state index is 10.3. The molecule has 0 aromatic heterocycles. The van der Waals surface area contributed by atoms with Gasteiger partial charge in [0.05, 0.1) is 0 Å². The van der Waals surface area contributed by atoms with Gasteiger partial charge in [0.2, 0.25) is 5.91 Å². The van der Waals surface area contributed by atoms with Gasteiger partial charge >= 0.3 is 0 Å². The Morgan fingerprint density at radius 1 is 1.18 bits per heavy atom. The lowest BCUT2D eigenvalue weighted by molar-refractivity contribution is -0.120. The fourth-order valence-corrected chi connectivity index (χ4v) is 0.322. The average molecular weight is 160 g/mol. The molecule has 11 heavy (non-hydrogen) atoms. The molecule has 68 valence electrons. The summed E-state index contributed by atoms with van der Waals surface area (Å²) in [6, 6.07) is 0. The van der Waals surface area contributed by atoms with Crippen molar-refractivity contribution >= 4 is 5.91 Å². The lowest BCUT2D eigenvalue weighted by Crippen LogP contribution is -2.20. The summed E-state index contributed by atoms with van der Waals surface area (Å²) in [4.78, 5) is 10.3. The van der Waals surface area contributed by atoms with Crippen molar-refractivity contribution in [2.24, 2.45) is 0 Å². The fourth-order valence-electron chi connectivity index (χ4n) is 0.322. The second-order valence-electron chi connectivity index (χ2n) is 2.01. The second-order valence-corrected chi connectivity index (χ2v) is 2.01. The molecule has 0 heterocycles. The number of nitrogens with one attached hydrogen (secondary N) is 2. The zero-order valence-corrected chi connectivity index (χ0v) is 8.03. The Balaban J connectivity index is 0. The monoisotopic (exact) mass is 160 g/mol.